The van der Waals surface area contributed by atoms with Crippen molar-refractivity contribution in [1.29, 1.82) is 5.26 Å². The standard InChI is InChI=1S/C15H11FN2O4.C15H9FN2O3.C8H8N2O3.C8H5NO2.C7H4ClFO.C4H10O.H3NO/c16-12-7-2-1-6-11(12)15(21)22-18-13(17)9-4-3-5-10(8-9)14(19)20;16-12-7-2-1-6-11(12)14-17-13(18-21-14)9-4-3-5-10(8-9)15(19)20;9-7(10-13)5-2-1-3-6(4-5)8(11)12;9-5-6-2-1-3-7(4-6)8(10)11;8-7(10)5-3-1-2-4-6(5)9;1-4(2,3)5;1-2/h1-8H,(H2,17,18)(H,19,20);1-8H,(H,19,20);1-4,13H,(H2,9,10)(H,11,12);1-4H,(H,10,11);1-4H;5H,1-3H3;2H,1H2. The molecule has 0 atom stereocenters. The fourth-order valence-corrected chi connectivity index (χ4v) is 5.87. The quantitative estimate of drug-likeness (QED) is 0.0144. The lowest BCUT2D eigenvalue weighted by Gasteiger charge is -2.04. The van der Waals surface area contributed by atoms with Gasteiger partial charge in [0.05, 0.1) is 56.2 Å². The fourth-order valence-electron chi connectivity index (χ4n) is 5.72. The van der Waals surface area contributed by atoms with Crippen LogP contribution in [0.25, 0.3) is 22.8 Å². The third-order valence-corrected chi connectivity index (χ3v) is 9.66. The zero-order valence-corrected chi connectivity index (χ0v) is 44.8. The predicted octanol–water partition coefficient (Wildman–Crippen LogP) is 9.29. The normalized spacial score (nSPS) is 10.3. The first-order valence-electron chi connectivity index (χ1n) is 23.3. The lowest BCUT2D eigenvalue weighted by molar-refractivity contribution is 0.0508. The number of carbonyl (C=O) groups is 6. The summed E-state index contributed by atoms with van der Waals surface area (Å²) in [5.74, 6) is -3.59. The van der Waals surface area contributed by atoms with Crippen LogP contribution in [0.5, 0.6) is 0 Å². The number of hydrogen-bond acceptors (Lipinski definition) is 17. The van der Waals surface area contributed by atoms with E-state index in [1.807, 2.05) is 6.07 Å². The molecule has 0 bridgehead atoms. The number of rotatable bonds is 11. The molecule has 0 aliphatic heterocycles. The van der Waals surface area contributed by atoms with Gasteiger partial charge in [-0.15, -0.1) is 0 Å². The number of benzene rings is 7. The highest BCUT2D eigenvalue weighted by molar-refractivity contribution is 6.67. The zero-order valence-electron chi connectivity index (χ0n) is 44.0. The summed E-state index contributed by atoms with van der Waals surface area (Å²) in [6, 6.07) is 42.2. The Morgan fingerprint density at radius 3 is 1.43 bits per heavy atom. The molecule has 0 aliphatic carbocycles. The number of oxime groups is 2. The van der Waals surface area contributed by atoms with E-state index < -0.39 is 58.1 Å². The number of carboxylic acid groups (broad SMARTS) is 4. The molecule has 8 rings (SSSR count). The van der Waals surface area contributed by atoms with Crippen molar-refractivity contribution < 1.29 is 87.2 Å². The number of carboxylic acids is 4. The molecule has 0 unspecified atom stereocenters. The molecular formula is C57H50ClF3N8O15. The number of amidine groups is 2. The Hall–Kier alpha value is -11.1. The minimum atomic E-state index is -1.13. The molecule has 0 radical (unpaired) electrons. The maximum absolute atomic E-state index is 13.7. The fraction of sp³-hybridized carbons (Fsp3) is 0.0702. The minimum Gasteiger partial charge on any atom is -0.478 e. The lowest BCUT2D eigenvalue weighted by Crippen LogP contribution is -2.16. The summed E-state index contributed by atoms with van der Waals surface area (Å²) in [5.41, 5.74) is 12.1. The number of carbonyl (C=O) groups excluding carboxylic acids is 2. The van der Waals surface area contributed by atoms with Crippen LogP contribution in [0, 0.1) is 28.8 Å². The van der Waals surface area contributed by atoms with Crippen LogP contribution in [0.2, 0.25) is 0 Å². The number of nitrogens with two attached hydrogens (primary N) is 3. The van der Waals surface area contributed by atoms with Crippen molar-refractivity contribution in [2.24, 2.45) is 27.7 Å². The second kappa shape index (κ2) is 34.8. The van der Waals surface area contributed by atoms with Crippen molar-refractivity contribution in [3.8, 4) is 28.9 Å². The van der Waals surface area contributed by atoms with Gasteiger partial charge >= 0.3 is 29.8 Å². The van der Waals surface area contributed by atoms with E-state index in [0.717, 1.165) is 6.07 Å². The maximum atomic E-state index is 13.7. The van der Waals surface area contributed by atoms with Gasteiger partial charge in [-0.25, -0.2) is 43.0 Å². The molecule has 436 valence electrons. The van der Waals surface area contributed by atoms with E-state index >= 15 is 0 Å². The Bertz CT molecular complexity index is 3660. The number of hydrogen-bond donors (Lipinski definition) is 10. The third kappa shape index (κ3) is 24.1. The third-order valence-electron chi connectivity index (χ3n) is 9.46. The van der Waals surface area contributed by atoms with Crippen LogP contribution in [0.4, 0.5) is 13.2 Å². The van der Waals surface area contributed by atoms with E-state index in [9.17, 15) is 41.9 Å². The summed E-state index contributed by atoms with van der Waals surface area (Å²) in [5, 5.41) is 75.9. The summed E-state index contributed by atoms with van der Waals surface area (Å²) < 4.78 is 44.6. The highest BCUT2D eigenvalue weighted by Crippen LogP contribution is 2.25. The molecule has 7 aromatic carbocycles. The van der Waals surface area contributed by atoms with Crippen molar-refractivity contribution in [2.75, 3.05) is 0 Å². The molecule has 0 aliphatic rings. The molecule has 1 aromatic heterocycles. The van der Waals surface area contributed by atoms with Crippen molar-refractivity contribution in [3.63, 3.8) is 0 Å². The number of nitrogens with zero attached hydrogens (tertiary/aromatic N) is 5. The van der Waals surface area contributed by atoms with Crippen molar-refractivity contribution >= 4 is 58.4 Å². The maximum Gasteiger partial charge on any atom is 0.368 e. The Balaban J connectivity index is 0.000000359. The summed E-state index contributed by atoms with van der Waals surface area (Å²) in [7, 11) is 0. The van der Waals surface area contributed by atoms with E-state index in [-0.39, 0.29) is 67.9 Å². The molecule has 0 amide bonds. The Morgan fingerprint density at radius 1 is 0.583 bits per heavy atom. The average molecular weight is 1180 g/mol. The summed E-state index contributed by atoms with van der Waals surface area (Å²) in [6.07, 6.45) is 0. The molecule has 27 heteroatoms. The summed E-state index contributed by atoms with van der Waals surface area (Å²) >= 11 is 5.03. The smallest absolute Gasteiger partial charge is 0.368 e. The van der Waals surface area contributed by atoms with Gasteiger partial charge in [0, 0.05) is 16.7 Å². The van der Waals surface area contributed by atoms with Crippen LogP contribution in [-0.4, -0.2) is 98.4 Å². The molecule has 1 heterocycles. The highest BCUT2D eigenvalue weighted by atomic mass is 35.5. The zero-order chi connectivity index (χ0) is 63.1. The summed E-state index contributed by atoms with van der Waals surface area (Å²) in [6.45, 7) is 5.23. The first-order valence-corrected chi connectivity index (χ1v) is 23.6. The van der Waals surface area contributed by atoms with E-state index in [1.165, 1.54) is 115 Å². The van der Waals surface area contributed by atoms with Gasteiger partial charge < -0.3 is 56.8 Å². The second-order valence-corrected chi connectivity index (χ2v) is 17.1. The SMILES string of the molecule is CC(C)(C)O.N#Cc1cccc(C(=O)O)c1.N/C(=N\O)c1cccc(C(=O)O)c1.N/C(=N\OC(=O)c1ccccc1F)c1cccc(C(=O)O)c1.NO.O=C(Cl)c1ccccc1F.O=C(O)c1cccc(-c2noc(-c3ccccc3F)n2)c1. The van der Waals surface area contributed by atoms with Crippen LogP contribution < -0.4 is 17.4 Å². The topological polar surface area (TPSA) is 419 Å². The van der Waals surface area contributed by atoms with E-state index in [1.54, 1.807) is 69.3 Å². The monoisotopic (exact) mass is 1180 g/mol. The van der Waals surface area contributed by atoms with Gasteiger partial charge in [0.2, 0.25) is 5.82 Å². The Morgan fingerprint density at radius 2 is 0.988 bits per heavy atom. The number of nitriles is 1. The Kier molecular flexibility index (Phi) is 28.6. The molecule has 13 N–H and O–H groups in total. The molecular weight excluding hydrogens is 1130 g/mol. The van der Waals surface area contributed by atoms with Gasteiger partial charge in [0.25, 0.3) is 11.1 Å². The molecule has 0 spiro atoms. The molecule has 0 fully saturated rings. The molecule has 8 aromatic rings. The lowest BCUT2D eigenvalue weighted by atomic mass is 10.1. The molecule has 84 heavy (non-hydrogen) atoms. The van der Waals surface area contributed by atoms with Gasteiger partial charge in [0.1, 0.15) is 17.5 Å². The van der Waals surface area contributed by atoms with Crippen LogP contribution in [0.1, 0.15) is 99.6 Å². The molecule has 0 saturated heterocycles. The molecule has 0 saturated carbocycles. The number of halogens is 4. The predicted molar refractivity (Wildman–Crippen MR) is 297 cm³/mol. The van der Waals surface area contributed by atoms with Crippen molar-refractivity contribution in [3.05, 3.63) is 237 Å². The van der Waals surface area contributed by atoms with Gasteiger partial charge in [-0.2, -0.15) is 10.2 Å². The average Bonchev–Trinajstić information content (AvgIpc) is 4.10. The second-order valence-electron chi connectivity index (χ2n) is 16.8. The molecule has 23 nitrogen and oxygen atoms in total. The van der Waals surface area contributed by atoms with E-state index in [0.29, 0.717) is 16.7 Å². The van der Waals surface area contributed by atoms with E-state index in [4.69, 9.17) is 68.8 Å². The van der Waals surface area contributed by atoms with Gasteiger partial charge in [-0.1, -0.05) is 94.3 Å². The minimum absolute atomic E-state index is 0.0103. The largest absolute Gasteiger partial charge is 0.478 e. The first-order chi connectivity index (χ1) is 39.7. The summed E-state index contributed by atoms with van der Waals surface area (Å²) in [4.78, 5) is 73.4. The van der Waals surface area contributed by atoms with Crippen molar-refractivity contribution in [2.45, 2.75) is 26.4 Å². The van der Waals surface area contributed by atoms with E-state index in [2.05, 4.69) is 31.2 Å². The van der Waals surface area contributed by atoms with Crippen molar-refractivity contribution in [1.82, 2.24) is 10.1 Å². The van der Waals surface area contributed by atoms with Gasteiger partial charge in [-0.05, 0) is 123 Å². The van der Waals surface area contributed by atoms with Gasteiger partial charge in [0.15, 0.2) is 11.7 Å². The number of aromatic carboxylic acids is 4. The van der Waals surface area contributed by atoms with Crippen LogP contribution in [-0.2, 0) is 4.84 Å². The van der Waals surface area contributed by atoms with Crippen LogP contribution in [0.3, 0.4) is 0 Å². The highest BCUT2D eigenvalue weighted by Gasteiger charge is 2.16. The number of aromatic nitrogens is 2. The van der Waals surface area contributed by atoms with Gasteiger partial charge in [-0.3, -0.25) is 4.79 Å². The van der Waals surface area contributed by atoms with Crippen LogP contribution in [0.15, 0.2) is 185 Å². The first kappa shape index (κ1) is 69.0. The Labute approximate surface area is 479 Å². The van der Waals surface area contributed by atoms with Crippen LogP contribution >= 0.6 is 11.6 Å². The number of aliphatic hydroxyl groups is 1.